The zero-order valence-electron chi connectivity index (χ0n) is 16.3. The van der Waals surface area contributed by atoms with E-state index in [0.717, 1.165) is 16.6 Å². The van der Waals surface area contributed by atoms with Gasteiger partial charge in [0.1, 0.15) is 11.3 Å². The van der Waals surface area contributed by atoms with Gasteiger partial charge in [0, 0.05) is 25.7 Å². The fraction of sp³-hybridized carbons (Fsp3) is 0.286. The second-order valence-electron chi connectivity index (χ2n) is 7.22. The Morgan fingerprint density at radius 3 is 2.86 bits per heavy atom. The van der Waals surface area contributed by atoms with E-state index >= 15 is 0 Å². The number of imidazole rings is 1. The number of nitrogens with two attached hydrogens (primary N) is 1. The summed E-state index contributed by atoms with van der Waals surface area (Å²) in [5.41, 5.74) is 9.80. The van der Waals surface area contributed by atoms with Crippen molar-refractivity contribution in [3.63, 3.8) is 0 Å². The van der Waals surface area contributed by atoms with Crippen molar-refractivity contribution in [3.05, 3.63) is 47.0 Å². The predicted octanol–water partition coefficient (Wildman–Crippen LogP) is 2.73. The fourth-order valence-electron chi connectivity index (χ4n) is 3.62. The van der Waals surface area contributed by atoms with Crippen molar-refractivity contribution in [2.24, 2.45) is 7.05 Å². The van der Waals surface area contributed by atoms with Gasteiger partial charge in [0.25, 0.3) is 5.91 Å². The Hall–Kier alpha value is -3.55. The number of hydrogen-bond donors (Lipinski definition) is 2. The van der Waals surface area contributed by atoms with Crippen LogP contribution in [-0.4, -0.2) is 44.5 Å². The number of nitrogens with zero attached hydrogens (tertiary/aromatic N) is 3. The van der Waals surface area contributed by atoms with Crippen LogP contribution < -0.4 is 10.5 Å². The molecule has 0 bridgehead atoms. The number of carbonyl (C=O) groups excluding carboxylic acids is 1. The van der Waals surface area contributed by atoms with Crippen molar-refractivity contribution in [2.75, 3.05) is 18.8 Å². The molecular formula is C21H22N4O4. The lowest BCUT2D eigenvalue weighted by atomic mass is 9.96. The van der Waals surface area contributed by atoms with E-state index in [9.17, 15) is 9.59 Å². The van der Waals surface area contributed by atoms with Crippen LogP contribution in [0.25, 0.3) is 11.0 Å². The van der Waals surface area contributed by atoms with Crippen molar-refractivity contribution in [3.8, 4) is 11.5 Å². The molecule has 0 atom stereocenters. The van der Waals surface area contributed by atoms with E-state index in [1.54, 1.807) is 9.47 Å². The number of amides is 1. The number of ether oxygens (including phenoxy) is 1. The normalized spacial score (nSPS) is 13.6. The van der Waals surface area contributed by atoms with Gasteiger partial charge >= 0.3 is 5.97 Å². The van der Waals surface area contributed by atoms with Crippen LogP contribution in [0.5, 0.6) is 11.5 Å². The van der Waals surface area contributed by atoms with Crippen LogP contribution in [0.3, 0.4) is 0 Å². The van der Waals surface area contributed by atoms with Crippen LogP contribution in [0.1, 0.15) is 27.9 Å². The lowest BCUT2D eigenvalue weighted by Crippen LogP contribution is -2.38. The number of aryl methyl sites for hydroxylation is 2. The van der Waals surface area contributed by atoms with E-state index in [2.05, 4.69) is 4.98 Å². The van der Waals surface area contributed by atoms with Crippen LogP contribution in [0.15, 0.2) is 30.3 Å². The molecule has 1 aromatic heterocycles. The number of carbonyl (C=O) groups is 2. The molecule has 8 nitrogen and oxygen atoms in total. The lowest BCUT2D eigenvalue weighted by Gasteiger charge is -2.29. The Balaban J connectivity index is 1.64. The van der Waals surface area contributed by atoms with Crippen molar-refractivity contribution < 1.29 is 19.4 Å². The van der Waals surface area contributed by atoms with Crippen molar-refractivity contribution in [2.45, 2.75) is 19.8 Å². The number of fused-ring (bicyclic) bond motifs is 2. The summed E-state index contributed by atoms with van der Waals surface area (Å²) < 4.78 is 7.96. The van der Waals surface area contributed by atoms with Gasteiger partial charge in [-0.1, -0.05) is 6.07 Å². The summed E-state index contributed by atoms with van der Waals surface area (Å²) in [5, 5.41) is 8.87. The number of benzene rings is 2. The molecular weight excluding hydrogens is 372 g/mol. The second kappa shape index (κ2) is 7.12. The van der Waals surface area contributed by atoms with Crippen molar-refractivity contribution >= 4 is 28.9 Å². The highest BCUT2D eigenvalue weighted by atomic mass is 16.5. The first-order valence-corrected chi connectivity index (χ1v) is 9.38. The molecule has 1 amide bonds. The minimum absolute atomic E-state index is 0.0571. The van der Waals surface area contributed by atoms with Crippen molar-refractivity contribution in [1.29, 1.82) is 0 Å². The Morgan fingerprint density at radius 2 is 2.10 bits per heavy atom. The van der Waals surface area contributed by atoms with E-state index in [1.165, 1.54) is 0 Å². The molecule has 8 heteroatoms. The van der Waals surface area contributed by atoms with Crippen LogP contribution in [0.2, 0.25) is 0 Å². The summed E-state index contributed by atoms with van der Waals surface area (Å²) in [6, 6.07) is 9.35. The standard InChI is InChI=1S/C21H22N4O4/c1-12-10-14-13(6-8-25(20(14)28)9-7-18(26)27)11-17(12)29-16-5-3-4-15-19(16)23-21(22)24(15)2/h3-5,10-11H,6-9H2,1-2H3,(H2,22,23)(H,26,27). The van der Waals surface area contributed by atoms with Crippen LogP contribution >= 0.6 is 0 Å². The molecule has 0 radical (unpaired) electrons. The van der Waals surface area contributed by atoms with Gasteiger partial charge in [0.05, 0.1) is 11.9 Å². The first-order chi connectivity index (χ1) is 13.8. The summed E-state index contributed by atoms with van der Waals surface area (Å²) in [4.78, 5) is 29.5. The van der Waals surface area contributed by atoms with E-state index < -0.39 is 5.97 Å². The molecule has 3 N–H and O–H groups in total. The summed E-state index contributed by atoms with van der Waals surface area (Å²) in [5.74, 6) is 0.621. The summed E-state index contributed by atoms with van der Waals surface area (Å²) in [6.45, 7) is 2.59. The van der Waals surface area contributed by atoms with Gasteiger partial charge in [0.2, 0.25) is 5.95 Å². The molecule has 0 saturated carbocycles. The van der Waals surface area contributed by atoms with Crippen LogP contribution in [0.4, 0.5) is 5.95 Å². The molecule has 150 valence electrons. The number of carboxylic acids is 1. The first kappa shape index (κ1) is 18.8. The third kappa shape index (κ3) is 3.37. The quantitative estimate of drug-likeness (QED) is 0.688. The zero-order valence-corrected chi connectivity index (χ0v) is 16.3. The number of nitrogen functional groups attached to an aromatic ring is 1. The minimum atomic E-state index is -0.909. The van der Waals surface area contributed by atoms with Gasteiger partial charge in [-0.15, -0.1) is 0 Å². The fourth-order valence-corrected chi connectivity index (χ4v) is 3.62. The molecule has 1 aliphatic heterocycles. The summed E-state index contributed by atoms with van der Waals surface area (Å²) in [6.07, 6.45) is 0.594. The molecule has 0 saturated heterocycles. The molecule has 0 fully saturated rings. The Bertz CT molecular complexity index is 1140. The molecule has 29 heavy (non-hydrogen) atoms. The monoisotopic (exact) mass is 394 g/mol. The number of hydrogen-bond acceptors (Lipinski definition) is 5. The number of aromatic nitrogens is 2. The SMILES string of the molecule is Cc1cc2c(cc1Oc1cccc3c1nc(N)n3C)CCN(CCC(=O)O)C2=O. The lowest BCUT2D eigenvalue weighted by molar-refractivity contribution is -0.137. The van der Waals surface area contributed by atoms with E-state index in [0.29, 0.717) is 41.5 Å². The number of rotatable bonds is 5. The maximum Gasteiger partial charge on any atom is 0.305 e. The zero-order chi connectivity index (χ0) is 20.7. The third-order valence-electron chi connectivity index (χ3n) is 5.29. The molecule has 2 aromatic carbocycles. The number of para-hydroxylation sites is 1. The van der Waals surface area contributed by atoms with Crippen LogP contribution in [0, 0.1) is 6.92 Å². The highest BCUT2D eigenvalue weighted by Gasteiger charge is 2.26. The van der Waals surface area contributed by atoms with Gasteiger partial charge in [0.15, 0.2) is 5.75 Å². The largest absolute Gasteiger partial charge is 0.481 e. The molecule has 1 aliphatic rings. The van der Waals surface area contributed by atoms with Gasteiger partial charge in [-0.25, -0.2) is 4.98 Å². The molecule has 2 heterocycles. The van der Waals surface area contributed by atoms with Gasteiger partial charge in [-0.3, -0.25) is 9.59 Å². The molecule has 3 aromatic rings. The van der Waals surface area contributed by atoms with Crippen LogP contribution in [-0.2, 0) is 18.3 Å². The predicted molar refractivity (Wildman–Crippen MR) is 108 cm³/mol. The van der Waals surface area contributed by atoms with Gasteiger partial charge in [-0.05, 0) is 48.7 Å². The number of anilines is 1. The maximum absolute atomic E-state index is 12.7. The van der Waals surface area contributed by atoms with Crippen molar-refractivity contribution in [1.82, 2.24) is 14.5 Å². The second-order valence-corrected chi connectivity index (χ2v) is 7.22. The Labute approximate surface area is 167 Å². The van der Waals surface area contributed by atoms with E-state index in [1.807, 2.05) is 44.3 Å². The first-order valence-electron chi connectivity index (χ1n) is 9.38. The molecule has 4 rings (SSSR count). The Kier molecular flexibility index (Phi) is 4.62. The third-order valence-corrected chi connectivity index (χ3v) is 5.29. The number of aliphatic carboxylic acids is 1. The average Bonchev–Trinajstić information content (AvgIpc) is 2.98. The van der Waals surface area contributed by atoms with E-state index in [-0.39, 0.29) is 18.9 Å². The highest BCUT2D eigenvalue weighted by molar-refractivity contribution is 5.97. The highest BCUT2D eigenvalue weighted by Crippen LogP contribution is 2.34. The molecule has 0 unspecified atom stereocenters. The minimum Gasteiger partial charge on any atom is -0.481 e. The molecule has 0 spiro atoms. The topological polar surface area (TPSA) is 111 Å². The molecule has 0 aliphatic carbocycles. The smallest absolute Gasteiger partial charge is 0.305 e. The Morgan fingerprint density at radius 1 is 1.31 bits per heavy atom. The van der Waals surface area contributed by atoms with Gasteiger partial charge < -0.3 is 25.0 Å². The van der Waals surface area contributed by atoms with E-state index in [4.69, 9.17) is 15.6 Å². The average molecular weight is 394 g/mol. The summed E-state index contributed by atoms with van der Waals surface area (Å²) in [7, 11) is 1.85. The maximum atomic E-state index is 12.7. The number of carboxylic acid groups (broad SMARTS) is 1. The van der Waals surface area contributed by atoms with Gasteiger partial charge in [-0.2, -0.15) is 0 Å². The summed E-state index contributed by atoms with van der Waals surface area (Å²) >= 11 is 0.